The van der Waals surface area contributed by atoms with E-state index < -0.39 is 12.1 Å². The SMILES string of the molecule is CCCCCCCCCCCCCCCCCCCCCCC(O)C(CO)NC(=O)CCCCCCCCC/C=C\CCCCCCCCCCCCOC(=O)CCCCCCCCCCCCC. The maximum absolute atomic E-state index is 12.5. The van der Waals surface area contributed by atoms with Gasteiger partial charge < -0.3 is 20.3 Å². The molecule has 1 amide bonds. The molecule has 0 aliphatic rings. The molecule has 3 N–H and O–H groups in total. The van der Waals surface area contributed by atoms with Crippen LogP contribution in [0.25, 0.3) is 0 Å². The van der Waals surface area contributed by atoms with Crippen molar-refractivity contribution in [2.24, 2.45) is 0 Å². The Kier molecular flexibility index (Phi) is 58.0. The molecular formula is C63H123NO5. The maximum atomic E-state index is 12.5. The smallest absolute Gasteiger partial charge is 0.305 e. The number of aliphatic hydroxyl groups is 2. The number of hydrogen-bond acceptors (Lipinski definition) is 5. The fourth-order valence-corrected chi connectivity index (χ4v) is 9.99. The Morgan fingerprint density at radius 1 is 0.391 bits per heavy atom. The maximum Gasteiger partial charge on any atom is 0.305 e. The Balaban J connectivity index is 3.42. The number of carbonyl (C=O) groups excluding carboxylic acids is 2. The third kappa shape index (κ3) is 55.8. The van der Waals surface area contributed by atoms with Gasteiger partial charge in [-0.1, -0.05) is 302 Å². The molecule has 0 aromatic rings. The van der Waals surface area contributed by atoms with Gasteiger partial charge in [0.05, 0.1) is 25.4 Å². The first-order valence-corrected chi connectivity index (χ1v) is 31.4. The van der Waals surface area contributed by atoms with Crippen LogP contribution in [-0.2, 0) is 14.3 Å². The van der Waals surface area contributed by atoms with Crippen LogP contribution in [0, 0.1) is 0 Å². The monoisotopic (exact) mass is 974 g/mol. The van der Waals surface area contributed by atoms with Crippen LogP contribution in [0.4, 0.5) is 0 Å². The highest BCUT2D eigenvalue weighted by molar-refractivity contribution is 5.76. The molecule has 69 heavy (non-hydrogen) atoms. The number of unbranched alkanes of at least 4 members (excludes halogenated alkanes) is 46. The fraction of sp³-hybridized carbons (Fsp3) is 0.937. The summed E-state index contributed by atoms with van der Waals surface area (Å²) in [6.45, 7) is 4.97. The number of aliphatic hydroxyl groups excluding tert-OH is 2. The molecule has 6 heteroatoms. The van der Waals surface area contributed by atoms with Gasteiger partial charge in [-0.2, -0.15) is 0 Å². The summed E-state index contributed by atoms with van der Waals surface area (Å²) in [5.74, 6) is -0.0302. The second-order valence-corrected chi connectivity index (χ2v) is 21.7. The molecule has 0 fully saturated rings. The Bertz CT molecular complexity index is 1030. The molecule has 0 rings (SSSR count). The van der Waals surface area contributed by atoms with Crippen molar-refractivity contribution >= 4 is 11.9 Å². The van der Waals surface area contributed by atoms with E-state index in [4.69, 9.17) is 4.74 Å². The van der Waals surface area contributed by atoms with E-state index >= 15 is 0 Å². The highest BCUT2D eigenvalue weighted by Gasteiger charge is 2.20. The van der Waals surface area contributed by atoms with Gasteiger partial charge in [-0.15, -0.1) is 0 Å². The van der Waals surface area contributed by atoms with E-state index in [1.54, 1.807) is 0 Å². The average Bonchev–Trinajstić information content (AvgIpc) is 3.35. The summed E-state index contributed by atoms with van der Waals surface area (Å²) in [5, 5.41) is 23.4. The van der Waals surface area contributed by atoms with Crippen LogP contribution in [0.1, 0.15) is 354 Å². The van der Waals surface area contributed by atoms with Crippen LogP contribution >= 0.6 is 0 Å². The third-order valence-electron chi connectivity index (χ3n) is 14.8. The molecule has 0 aromatic heterocycles. The summed E-state index contributed by atoms with van der Waals surface area (Å²) >= 11 is 0. The van der Waals surface area contributed by atoms with E-state index in [9.17, 15) is 19.8 Å². The van der Waals surface area contributed by atoms with E-state index in [-0.39, 0.29) is 18.5 Å². The normalized spacial score (nSPS) is 12.6. The minimum atomic E-state index is -0.669. The molecule has 0 radical (unpaired) electrons. The Labute approximate surface area is 431 Å². The average molecular weight is 975 g/mol. The zero-order valence-corrected chi connectivity index (χ0v) is 46.8. The van der Waals surface area contributed by atoms with Crippen molar-refractivity contribution < 1.29 is 24.5 Å². The number of allylic oxidation sites excluding steroid dienone is 2. The minimum Gasteiger partial charge on any atom is -0.466 e. The highest BCUT2D eigenvalue weighted by atomic mass is 16.5. The first-order valence-electron chi connectivity index (χ1n) is 31.4. The Morgan fingerprint density at radius 2 is 0.681 bits per heavy atom. The van der Waals surface area contributed by atoms with Crippen molar-refractivity contribution in [3.8, 4) is 0 Å². The lowest BCUT2D eigenvalue weighted by molar-refractivity contribution is -0.143. The zero-order valence-electron chi connectivity index (χ0n) is 46.8. The lowest BCUT2D eigenvalue weighted by Crippen LogP contribution is -2.45. The van der Waals surface area contributed by atoms with Gasteiger partial charge >= 0.3 is 5.97 Å². The molecule has 0 bridgehead atoms. The lowest BCUT2D eigenvalue weighted by atomic mass is 10.0. The Morgan fingerprint density at radius 3 is 1.03 bits per heavy atom. The van der Waals surface area contributed by atoms with Crippen LogP contribution in [-0.4, -0.2) is 47.4 Å². The van der Waals surface area contributed by atoms with Crippen LogP contribution in [0.3, 0.4) is 0 Å². The summed E-state index contributed by atoms with van der Waals surface area (Å²) in [6, 6.07) is -0.547. The molecule has 0 heterocycles. The summed E-state index contributed by atoms with van der Waals surface area (Å²) in [4.78, 5) is 24.5. The molecule has 6 nitrogen and oxygen atoms in total. The molecule has 0 aliphatic carbocycles. The quantitative estimate of drug-likeness (QED) is 0.0321. The molecule has 0 spiro atoms. The topological polar surface area (TPSA) is 95.9 Å². The molecule has 0 saturated carbocycles. The summed E-state index contributed by atoms with van der Waals surface area (Å²) in [5.41, 5.74) is 0. The molecule has 410 valence electrons. The van der Waals surface area contributed by atoms with Gasteiger partial charge in [0, 0.05) is 12.8 Å². The van der Waals surface area contributed by atoms with Gasteiger partial charge in [0.2, 0.25) is 5.91 Å². The van der Waals surface area contributed by atoms with Gasteiger partial charge in [-0.05, 0) is 51.4 Å². The van der Waals surface area contributed by atoms with Crippen LogP contribution in [0.5, 0.6) is 0 Å². The predicted molar refractivity (Wildman–Crippen MR) is 301 cm³/mol. The van der Waals surface area contributed by atoms with Crippen molar-refractivity contribution in [1.82, 2.24) is 5.32 Å². The molecule has 0 aliphatic heterocycles. The van der Waals surface area contributed by atoms with Gasteiger partial charge in [0.1, 0.15) is 0 Å². The summed E-state index contributed by atoms with van der Waals surface area (Å²) < 4.78 is 5.46. The lowest BCUT2D eigenvalue weighted by Gasteiger charge is -2.22. The van der Waals surface area contributed by atoms with Crippen LogP contribution < -0.4 is 5.32 Å². The zero-order chi connectivity index (χ0) is 50.0. The van der Waals surface area contributed by atoms with E-state index in [0.717, 1.165) is 38.5 Å². The van der Waals surface area contributed by atoms with Crippen molar-refractivity contribution in [2.45, 2.75) is 366 Å². The third-order valence-corrected chi connectivity index (χ3v) is 14.8. The standard InChI is InChI=1S/C63H123NO5/c1-3-5-7-9-11-13-15-16-17-18-19-23-26-29-32-36-39-43-47-51-55-61(66)60(59-65)64-62(67)56-52-48-44-40-37-33-30-27-24-21-20-22-25-28-31-34-38-42-46-50-54-58-69-63(68)57-53-49-45-41-35-14-12-10-8-6-4-2/h21,24,60-61,65-66H,3-20,22-23,25-59H2,1-2H3,(H,64,67)/b24-21-. The Hall–Kier alpha value is -1.40. The van der Waals surface area contributed by atoms with Crippen molar-refractivity contribution in [3.05, 3.63) is 12.2 Å². The first-order chi connectivity index (χ1) is 34.0. The molecular weight excluding hydrogens is 851 g/mol. The van der Waals surface area contributed by atoms with Gasteiger partial charge in [0.15, 0.2) is 0 Å². The number of rotatable bonds is 59. The fourth-order valence-electron chi connectivity index (χ4n) is 9.99. The number of amides is 1. The molecule has 2 atom stereocenters. The molecule has 2 unspecified atom stereocenters. The number of ether oxygens (including phenoxy) is 1. The van der Waals surface area contributed by atoms with Crippen LogP contribution in [0.2, 0.25) is 0 Å². The van der Waals surface area contributed by atoms with Crippen LogP contribution in [0.15, 0.2) is 12.2 Å². The van der Waals surface area contributed by atoms with E-state index in [2.05, 4.69) is 31.3 Å². The van der Waals surface area contributed by atoms with E-state index in [1.807, 2.05) is 0 Å². The molecule has 0 aromatic carbocycles. The summed E-state index contributed by atoms with van der Waals surface area (Å²) in [7, 11) is 0. The predicted octanol–water partition coefficient (Wildman–Crippen LogP) is 19.6. The number of hydrogen-bond donors (Lipinski definition) is 3. The van der Waals surface area contributed by atoms with Crippen molar-refractivity contribution in [2.75, 3.05) is 13.2 Å². The minimum absolute atomic E-state index is 0.00871. The first kappa shape index (κ1) is 67.6. The highest BCUT2D eigenvalue weighted by Crippen LogP contribution is 2.18. The van der Waals surface area contributed by atoms with E-state index in [0.29, 0.717) is 25.9 Å². The van der Waals surface area contributed by atoms with Crippen molar-refractivity contribution in [3.63, 3.8) is 0 Å². The van der Waals surface area contributed by atoms with E-state index in [1.165, 1.54) is 283 Å². The second-order valence-electron chi connectivity index (χ2n) is 21.7. The summed E-state index contributed by atoms with van der Waals surface area (Å²) in [6.07, 6.45) is 70.8. The van der Waals surface area contributed by atoms with Gasteiger partial charge in [0.25, 0.3) is 0 Å². The molecule has 0 saturated heterocycles. The number of carbonyl (C=O) groups is 2. The largest absolute Gasteiger partial charge is 0.466 e. The second kappa shape index (κ2) is 59.2. The van der Waals surface area contributed by atoms with Gasteiger partial charge in [-0.3, -0.25) is 9.59 Å². The number of esters is 1. The van der Waals surface area contributed by atoms with Gasteiger partial charge in [-0.25, -0.2) is 0 Å². The van der Waals surface area contributed by atoms with Crippen molar-refractivity contribution in [1.29, 1.82) is 0 Å². The number of nitrogens with one attached hydrogen (secondary N) is 1.